The van der Waals surface area contributed by atoms with E-state index in [0.29, 0.717) is 6.04 Å². The van der Waals surface area contributed by atoms with E-state index in [1.807, 2.05) is 18.5 Å². The van der Waals surface area contributed by atoms with Gasteiger partial charge in [0, 0.05) is 31.5 Å². The predicted molar refractivity (Wildman–Crippen MR) is 65.6 cm³/mol. The van der Waals surface area contributed by atoms with E-state index >= 15 is 0 Å². The summed E-state index contributed by atoms with van der Waals surface area (Å²) in [6.45, 7) is 5.42. The molecule has 0 saturated carbocycles. The van der Waals surface area contributed by atoms with Crippen molar-refractivity contribution in [2.45, 2.75) is 32.2 Å². The standard InChI is InChI=1S/C12H20N4/c1-2-6-13-10-11-5-3-9-16(11)12-14-7-4-8-15-12/h4,7-8,11,13H,2-3,5-6,9-10H2,1H3. The van der Waals surface area contributed by atoms with E-state index in [9.17, 15) is 0 Å². The molecule has 1 N–H and O–H groups in total. The molecule has 4 heteroatoms. The van der Waals surface area contributed by atoms with Crippen molar-refractivity contribution < 1.29 is 0 Å². The minimum absolute atomic E-state index is 0.564. The van der Waals surface area contributed by atoms with Crippen LogP contribution in [0.15, 0.2) is 18.5 Å². The van der Waals surface area contributed by atoms with Gasteiger partial charge in [-0.2, -0.15) is 0 Å². The van der Waals surface area contributed by atoms with E-state index in [4.69, 9.17) is 0 Å². The molecule has 4 nitrogen and oxygen atoms in total. The molecule has 1 fully saturated rings. The Labute approximate surface area is 97.1 Å². The van der Waals surface area contributed by atoms with E-state index in [1.54, 1.807) is 0 Å². The monoisotopic (exact) mass is 220 g/mol. The van der Waals surface area contributed by atoms with Crippen LogP contribution in [0.2, 0.25) is 0 Å². The molecule has 0 radical (unpaired) electrons. The maximum Gasteiger partial charge on any atom is 0.225 e. The van der Waals surface area contributed by atoms with Crippen LogP contribution in [-0.4, -0.2) is 35.6 Å². The van der Waals surface area contributed by atoms with E-state index in [-0.39, 0.29) is 0 Å². The molecule has 2 heterocycles. The summed E-state index contributed by atoms with van der Waals surface area (Å²) in [5.74, 6) is 0.878. The van der Waals surface area contributed by atoms with Crippen molar-refractivity contribution in [1.29, 1.82) is 0 Å². The molecule has 88 valence electrons. The Hall–Kier alpha value is -1.16. The SMILES string of the molecule is CCCNCC1CCCN1c1ncccn1. The van der Waals surface area contributed by atoms with Crippen LogP contribution in [-0.2, 0) is 0 Å². The molecule has 0 amide bonds. The lowest BCUT2D eigenvalue weighted by Gasteiger charge is -2.24. The fourth-order valence-electron chi connectivity index (χ4n) is 2.20. The van der Waals surface area contributed by atoms with Gasteiger partial charge < -0.3 is 10.2 Å². The normalized spacial score (nSPS) is 20.3. The Balaban J connectivity index is 1.93. The van der Waals surface area contributed by atoms with Crippen LogP contribution < -0.4 is 10.2 Å². The first-order valence-electron chi connectivity index (χ1n) is 6.16. The first-order chi connectivity index (χ1) is 7.92. The van der Waals surface area contributed by atoms with Gasteiger partial charge in [0.2, 0.25) is 5.95 Å². The lowest BCUT2D eigenvalue weighted by Crippen LogP contribution is -2.39. The van der Waals surface area contributed by atoms with Crippen LogP contribution >= 0.6 is 0 Å². The molecule has 1 aromatic rings. The Morgan fingerprint density at radius 3 is 3.00 bits per heavy atom. The average molecular weight is 220 g/mol. The fraction of sp³-hybridized carbons (Fsp3) is 0.667. The third-order valence-electron chi connectivity index (χ3n) is 2.99. The van der Waals surface area contributed by atoms with Crippen molar-refractivity contribution in [2.24, 2.45) is 0 Å². The minimum atomic E-state index is 0.564. The lowest BCUT2D eigenvalue weighted by atomic mass is 10.2. The topological polar surface area (TPSA) is 41.0 Å². The highest BCUT2D eigenvalue weighted by atomic mass is 15.3. The van der Waals surface area contributed by atoms with E-state index < -0.39 is 0 Å². The molecule has 0 aliphatic carbocycles. The number of rotatable bonds is 5. The van der Waals surface area contributed by atoms with Gasteiger partial charge in [0.15, 0.2) is 0 Å². The summed E-state index contributed by atoms with van der Waals surface area (Å²) in [6.07, 6.45) is 7.31. The number of aromatic nitrogens is 2. The van der Waals surface area contributed by atoms with Crippen molar-refractivity contribution in [2.75, 3.05) is 24.5 Å². The predicted octanol–water partition coefficient (Wildman–Crippen LogP) is 1.44. The number of nitrogens with one attached hydrogen (secondary N) is 1. The van der Waals surface area contributed by atoms with Crippen molar-refractivity contribution in [3.05, 3.63) is 18.5 Å². The van der Waals surface area contributed by atoms with E-state index in [2.05, 4.69) is 27.1 Å². The molecule has 0 spiro atoms. The van der Waals surface area contributed by atoms with Gasteiger partial charge in [0.05, 0.1) is 0 Å². The Morgan fingerprint density at radius 1 is 1.44 bits per heavy atom. The van der Waals surface area contributed by atoms with Crippen molar-refractivity contribution in [3.63, 3.8) is 0 Å². The van der Waals surface area contributed by atoms with Gasteiger partial charge in [0.25, 0.3) is 0 Å². The molecule has 1 aliphatic rings. The highest BCUT2D eigenvalue weighted by molar-refractivity contribution is 5.32. The number of hydrogen-bond acceptors (Lipinski definition) is 4. The van der Waals surface area contributed by atoms with Gasteiger partial charge in [-0.05, 0) is 31.9 Å². The number of nitrogens with zero attached hydrogens (tertiary/aromatic N) is 3. The van der Waals surface area contributed by atoms with Gasteiger partial charge in [-0.25, -0.2) is 9.97 Å². The Bertz CT molecular complexity index is 301. The first-order valence-corrected chi connectivity index (χ1v) is 6.16. The second kappa shape index (κ2) is 5.80. The third kappa shape index (κ3) is 2.70. The molecule has 16 heavy (non-hydrogen) atoms. The molecule has 1 aromatic heterocycles. The lowest BCUT2D eigenvalue weighted by molar-refractivity contribution is 0.565. The van der Waals surface area contributed by atoms with Crippen molar-refractivity contribution in [1.82, 2.24) is 15.3 Å². The molecule has 1 saturated heterocycles. The molecule has 0 bridgehead atoms. The minimum Gasteiger partial charge on any atom is -0.337 e. The molecular weight excluding hydrogens is 200 g/mol. The van der Waals surface area contributed by atoms with Crippen LogP contribution in [0, 0.1) is 0 Å². The smallest absolute Gasteiger partial charge is 0.225 e. The zero-order valence-electron chi connectivity index (χ0n) is 9.89. The first kappa shape index (κ1) is 11.3. The molecule has 2 rings (SSSR count). The maximum absolute atomic E-state index is 4.33. The van der Waals surface area contributed by atoms with E-state index in [0.717, 1.165) is 25.6 Å². The summed E-state index contributed by atoms with van der Waals surface area (Å²) in [5, 5.41) is 3.48. The maximum atomic E-state index is 4.33. The summed E-state index contributed by atoms with van der Waals surface area (Å²) >= 11 is 0. The molecule has 0 aromatic carbocycles. The average Bonchev–Trinajstić information content (AvgIpc) is 2.79. The molecule has 1 atom stereocenters. The van der Waals surface area contributed by atoms with E-state index in [1.165, 1.54) is 19.3 Å². The summed E-state index contributed by atoms with van der Waals surface area (Å²) < 4.78 is 0. The van der Waals surface area contributed by atoms with Crippen LogP contribution in [0.3, 0.4) is 0 Å². The van der Waals surface area contributed by atoms with Gasteiger partial charge in [-0.1, -0.05) is 6.92 Å². The van der Waals surface area contributed by atoms with Gasteiger partial charge in [-0.3, -0.25) is 0 Å². The summed E-state index contributed by atoms with van der Waals surface area (Å²) in [6, 6.07) is 2.43. The molecular formula is C12H20N4. The largest absolute Gasteiger partial charge is 0.337 e. The zero-order chi connectivity index (χ0) is 11.2. The number of hydrogen-bond donors (Lipinski definition) is 1. The van der Waals surface area contributed by atoms with Crippen LogP contribution in [0.25, 0.3) is 0 Å². The van der Waals surface area contributed by atoms with Crippen LogP contribution in [0.4, 0.5) is 5.95 Å². The second-order valence-electron chi connectivity index (χ2n) is 4.24. The summed E-state index contributed by atoms with van der Waals surface area (Å²) in [4.78, 5) is 11.0. The highest BCUT2D eigenvalue weighted by Gasteiger charge is 2.25. The van der Waals surface area contributed by atoms with Crippen molar-refractivity contribution >= 4 is 5.95 Å². The number of anilines is 1. The molecule has 1 unspecified atom stereocenters. The highest BCUT2D eigenvalue weighted by Crippen LogP contribution is 2.20. The Morgan fingerprint density at radius 2 is 2.25 bits per heavy atom. The molecule has 1 aliphatic heterocycles. The fourth-order valence-corrected chi connectivity index (χ4v) is 2.20. The van der Waals surface area contributed by atoms with Crippen LogP contribution in [0.1, 0.15) is 26.2 Å². The summed E-state index contributed by atoms with van der Waals surface area (Å²) in [5.41, 5.74) is 0. The van der Waals surface area contributed by atoms with Gasteiger partial charge in [0.1, 0.15) is 0 Å². The van der Waals surface area contributed by atoms with Gasteiger partial charge >= 0.3 is 0 Å². The van der Waals surface area contributed by atoms with Crippen molar-refractivity contribution in [3.8, 4) is 0 Å². The second-order valence-corrected chi connectivity index (χ2v) is 4.24. The quantitative estimate of drug-likeness (QED) is 0.762. The summed E-state index contributed by atoms with van der Waals surface area (Å²) in [7, 11) is 0. The van der Waals surface area contributed by atoms with Gasteiger partial charge in [-0.15, -0.1) is 0 Å². The third-order valence-corrected chi connectivity index (χ3v) is 2.99. The zero-order valence-corrected chi connectivity index (χ0v) is 9.89. The Kier molecular flexibility index (Phi) is 4.10. The van der Waals surface area contributed by atoms with Crippen LogP contribution in [0.5, 0.6) is 0 Å².